The number of carbonyl (C=O) groups excluding carboxylic acids is 2. The number of aromatic nitrogens is 2. The van der Waals surface area contributed by atoms with E-state index in [4.69, 9.17) is 0 Å². The van der Waals surface area contributed by atoms with E-state index in [1.807, 2.05) is 13.8 Å². The van der Waals surface area contributed by atoms with Crippen molar-refractivity contribution < 1.29 is 9.59 Å². The fourth-order valence-corrected chi connectivity index (χ4v) is 3.68. The van der Waals surface area contributed by atoms with Gasteiger partial charge in [-0.05, 0) is 63.9 Å². The lowest BCUT2D eigenvalue weighted by molar-refractivity contribution is 0.226. The van der Waals surface area contributed by atoms with Gasteiger partial charge >= 0.3 is 12.1 Å². The molecule has 3 N–H and O–H groups in total. The van der Waals surface area contributed by atoms with Crippen molar-refractivity contribution in [2.75, 3.05) is 13.1 Å². The topological polar surface area (TPSA) is 88.0 Å². The van der Waals surface area contributed by atoms with Crippen LogP contribution >= 0.6 is 0 Å². The number of rotatable bonds is 9. The van der Waals surface area contributed by atoms with Crippen LogP contribution in [0.1, 0.15) is 76.0 Å². The maximum atomic E-state index is 12.0. The largest absolute Gasteiger partial charge is 0.342 e. The minimum absolute atomic E-state index is 0.0305. The van der Waals surface area contributed by atoms with Crippen molar-refractivity contribution in [3.63, 3.8) is 0 Å². The van der Waals surface area contributed by atoms with Crippen molar-refractivity contribution >= 4 is 12.1 Å². The average Bonchev–Trinajstić information content (AvgIpc) is 3.03. The molecule has 2 rings (SSSR count). The van der Waals surface area contributed by atoms with E-state index in [-0.39, 0.29) is 12.1 Å². The monoisotopic (exact) mass is 391 g/mol. The van der Waals surface area contributed by atoms with E-state index in [1.54, 1.807) is 6.20 Å². The molecular weight excluding hydrogens is 354 g/mol. The van der Waals surface area contributed by atoms with Crippen molar-refractivity contribution in [3.05, 3.63) is 17.5 Å². The summed E-state index contributed by atoms with van der Waals surface area (Å²) in [5.41, 5.74) is 1.89. The molecule has 7 nitrogen and oxygen atoms in total. The molecular formula is C21H37N5O2. The van der Waals surface area contributed by atoms with Gasteiger partial charge in [0.2, 0.25) is 0 Å². The van der Waals surface area contributed by atoms with E-state index in [0.717, 1.165) is 55.7 Å². The molecule has 0 atom stereocenters. The Kier molecular flexibility index (Phi) is 9.31. The van der Waals surface area contributed by atoms with Crippen LogP contribution in [0.15, 0.2) is 6.20 Å². The predicted octanol–water partition coefficient (Wildman–Crippen LogP) is 3.89. The average molecular weight is 392 g/mol. The molecule has 3 amide bonds. The second-order valence-electron chi connectivity index (χ2n) is 8.01. The molecule has 0 radical (unpaired) electrons. The zero-order valence-corrected chi connectivity index (χ0v) is 17.7. The van der Waals surface area contributed by atoms with Crippen LogP contribution in [0.4, 0.5) is 9.59 Å². The van der Waals surface area contributed by atoms with Crippen LogP contribution in [0.2, 0.25) is 0 Å². The number of aryl methyl sites for hydroxylation is 2. The van der Waals surface area contributed by atoms with E-state index >= 15 is 0 Å². The van der Waals surface area contributed by atoms with Gasteiger partial charge in [0.05, 0.1) is 5.69 Å². The van der Waals surface area contributed by atoms with E-state index in [2.05, 4.69) is 28.0 Å². The summed E-state index contributed by atoms with van der Waals surface area (Å²) in [5.74, 6) is 0.846. The lowest BCUT2D eigenvalue weighted by Gasteiger charge is -2.28. The maximum absolute atomic E-state index is 12.0. The molecule has 0 unspecified atom stereocenters. The third-order valence-corrected chi connectivity index (χ3v) is 5.78. The minimum atomic E-state index is -0.178. The van der Waals surface area contributed by atoms with E-state index < -0.39 is 0 Å². The fraction of sp³-hybridized carbons (Fsp3) is 0.762. The van der Waals surface area contributed by atoms with Gasteiger partial charge in [-0.2, -0.15) is 9.78 Å². The molecule has 1 heterocycles. The van der Waals surface area contributed by atoms with Gasteiger partial charge in [0.25, 0.3) is 0 Å². The molecule has 1 fully saturated rings. The van der Waals surface area contributed by atoms with E-state index in [1.165, 1.54) is 23.9 Å². The summed E-state index contributed by atoms with van der Waals surface area (Å²) in [5, 5.41) is 13.1. The van der Waals surface area contributed by atoms with Crippen molar-refractivity contribution in [3.8, 4) is 0 Å². The Bertz CT molecular complexity index is 601. The fourth-order valence-electron chi connectivity index (χ4n) is 3.68. The Morgan fingerprint density at radius 3 is 2.25 bits per heavy atom. The van der Waals surface area contributed by atoms with Crippen LogP contribution in [0.25, 0.3) is 0 Å². The number of nitrogens with one attached hydrogen (secondary N) is 3. The summed E-state index contributed by atoms with van der Waals surface area (Å²) in [7, 11) is 0. The summed E-state index contributed by atoms with van der Waals surface area (Å²) in [6, 6.07) is 0.133. The van der Waals surface area contributed by atoms with Gasteiger partial charge in [0.15, 0.2) is 0 Å². The molecule has 0 aliphatic heterocycles. The molecule has 7 heteroatoms. The van der Waals surface area contributed by atoms with Gasteiger partial charge in [0, 0.05) is 25.3 Å². The Labute approximate surface area is 169 Å². The number of nitrogens with zero attached hydrogens (tertiary/aromatic N) is 2. The highest BCUT2D eigenvalue weighted by Crippen LogP contribution is 2.26. The van der Waals surface area contributed by atoms with Crippen molar-refractivity contribution in [1.82, 2.24) is 25.7 Å². The Hall–Kier alpha value is -2.05. The third kappa shape index (κ3) is 7.52. The van der Waals surface area contributed by atoms with Gasteiger partial charge in [-0.3, -0.25) is 0 Å². The molecule has 0 saturated heterocycles. The molecule has 1 aliphatic rings. The summed E-state index contributed by atoms with van der Waals surface area (Å²) < 4.78 is 1.36. The van der Waals surface area contributed by atoms with Crippen LogP contribution in [-0.2, 0) is 0 Å². The second kappa shape index (κ2) is 11.7. The molecule has 158 valence electrons. The van der Waals surface area contributed by atoms with Gasteiger partial charge in [-0.25, -0.2) is 9.59 Å². The zero-order valence-electron chi connectivity index (χ0n) is 17.7. The first-order valence-electron chi connectivity index (χ1n) is 10.8. The summed E-state index contributed by atoms with van der Waals surface area (Å²) in [4.78, 5) is 23.9. The van der Waals surface area contributed by atoms with Gasteiger partial charge < -0.3 is 16.0 Å². The Morgan fingerprint density at radius 1 is 1.04 bits per heavy atom. The first-order valence-corrected chi connectivity index (χ1v) is 10.8. The molecule has 1 aromatic rings. The molecule has 1 aromatic heterocycles. The maximum Gasteiger partial charge on any atom is 0.342 e. The quantitative estimate of drug-likeness (QED) is 0.558. The number of amides is 3. The molecule has 0 aromatic carbocycles. The summed E-state index contributed by atoms with van der Waals surface area (Å²) >= 11 is 0. The summed E-state index contributed by atoms with van der Waals surface area (Å²) in [6.45, 7) is 7.43. The van der Waals surface area contributed by atoms with Gasteiger partial charge in [-0.15, -0.1) is 0 Å². The number of urea groups is 1. The molecule has 0 bridgehead atoms. The van der Waals surface area contributed by atoms with Gasteiger partial charge in [0.1, 0.15) is 0 Å². The van der Waals surface area contributed by atoms with E-state index in [0.29, 0.717) is 19.1 Å². The van der Waals surface area contributed by atoms with Crippen LogP contribution < -0.4 is 16.0 Å². The number of hydrogen-bond acceptors (Lipinski definition) is 3. The van der Waals surface area contributed by atoms with Crippen molar-refractivity contribution in [2.24, 2.45) is 5.92 Å². The van der Waals surface area contributed by atoms with Crippen molar-refractivity contribution in [2.45, 2.75) is 84.6 Å². The smallest absolute Gasteiger partial charge is 0.338 e. The standard InChI is InChI=1S/C21H37N5O2/c1-4-18-9-11-19(12-10-18)24-20(27)22-13-7-5-6-8-14-23-21(28)26-15-16(2)17(3)25-26/h15,18-19H,4-14H2,1-3H3,(H,23,28)(H2,22,24,27). The minimum Gasteiger partial charge on any atom is -0.338 e. The first kappa shape index (κ1) is 22.2. The third-order valence-electron chi connectivity index (χ3n) is 5.78. The van der Waals surface area contributed by atoms with Gasteiger partial charge in [-0.1, -0.05) is 26.2 Å². The second-order valence-corrected chi connectivity index (χ2v) is 8.01. The van der Waals surface area contributed by atoms with Crippen LogP contribution in [-0.4, -0.2) is 41.0 Å². The normalized spacial score (nSPS) is 19.2. The first-order chi connectivity index (χ1) is 13.5. The Morgan fingerprint density at radius 2 is 1.68 bits per heavy atom. The highest BCUT2D eigenvalue weighted by molar-refractivity contribution is 5.75. The molecule has 1 saturated carbocycles. The SMILES string of the molecule is CCC1CCC(NC(=O)NCCCCCCNC(=O)n2cc(C)c(C)n2)CC1. The van der Waals surface area contributed by atoms with Crippen molar-refractivity contribution in [1.29, 1.82) is 0 Å². The van der Waals surface area contributed by atoms with E-state index in [9.17, 15) is 9.59 Å². The van der Waals surface area contributed by atoms with Crippen LogP contribution in [0.5, 0.6) is 0 Å². The number of hydrogen-bond donors (Lipinski definition) is 3. The lowest BCUT2D eigenvalue weighted by atomic mass is 9.85. The molecule has 28 heavy (non-hydrogen) atoms. The zero-order chi connectivity index (χ0) is 20.4. The van der Waals surface area contributed by atoms with Crippen LogP contribution in [0.3, 0.4) is 0 Å². The van der Waals surface area contributed by atoms with Crippen LogP contribution in [0, 0.1) is 19.8 Å². The highest BCUT2D eigenvalue weighted by atomic mass is 16.2. The number of carbonyl (C=O) groups is 2. The Balaban J connectivity index is 1.44. The number of unbranched alkanes of at least 4 members (excludes halogenated alkanes) is 3. The summed E-state index contributed by atoms with van der Waals surface area (Å²) in [6.07, 6.45) is 11.6. The predicted molar refractivity (Wildman–Crippen MR) is 112 cm³/mol. The highest BCUT2D eigenvalue weighted by Gasteiger charge is 2.20. The molecule has 0 spiro atoms. The lowest BCUT2D eigenvalue weighted by Crippen LogP contribution is -2.43. The molecule has 1 aliphatic carbocycles.